The summed E-state index contributed by atoms with van der Waals surface area (Å²) in [4.78, 5) is 12.2. The number of aromatic nitrogens is 1. The molecule has 0 radical (unpaired) electrons. The fraction of sp³-hybridized carbons (Fsp3) is 0.739. The average Bonchev–Trinajstić information content (AvgIpc) is 2.80. The largest absolute Gasteiger partial charge is 0.465 e. The molecule has 8 heteroatoms. The Labute approximate surface area is 192 Å². The van der Waals surface area contributed by atoms with E-state index in [0.717, 1.165) is 5.49 Å². The van der Waals surface area contributed by atoms with Crippen molar-refractivity contribution in [1.29, 1.82) is 0 Å². The number of carbonyl (C=O) groups excluding carboxylic acids is 1. The predicted octanol–water partition coefficient (Wildman–Crippen LogP) is 4.71. The van der Waals surface area contributed by atoms with Crippen molar-refractivity contribution < 1.29 is 9.53 Å². The Hall–Kier alpha value is -1.01. The minimum Gasteiger partial charge on any atom is -0.465 e. The van der Waals surface area contributed by atoms with Gasteiger partial charge in [-0.2, -0.15) is 0 Å². The van der Waals surface area contributed by atoms with E-state index in [-0.39, 0.29) is 12.5 Å². The lowest BCUT2D eigenvalue weighted by Crippen LogP contribution is -2.40. The van der Waals surface area contributed by atoms with Crippen molar-refractivity contribution in [3.8, 4) is 0 Å². The Morgan fingerprint density at radius 3 is 2.13 bits per heavy atom. The van der Waals surface area contributed by atoms with E-state index in [9.17, 15) is 4.79 Å². The third kappa shape index (κ3) is 6.28. The van der Waals surface area contributed by atoms with Gasteiger partial charge in [-0.25, -0.2) is 14.1 Å². The molecule has 0 atom stereocenters. The number of hydrogen-bond donors (Lipinski definition) is 0. The van der Waals surface area contributed by atoms with Crippen molar-refractivity contribution in [1.82, 2.24) is 13.9 Å². The highest BCUT2D eigenvalue weighted by Crippen LogP contribution is 2.57. The van der Waals surface area contributed by atoms with E-state index in [1.54, 1.807) is 0 Å². The second-order valence-corrected chi connectivity index (χ2v) is 12.8. The zero-order chi connectivity index (χ0) is 22.3. The highest BCUT2D eigenvalue weighted by atomic mass is 32.4. The van der Waals surface area contributed by atoms with E-state index in [2.05, 4.69) is 23.4 Å². The molecule has 0 unspecified atom stereocenters. The van der Waals surface area contributed by atoms with Gasteiger partial charge in [0.15, 0.2) is 6.49 Å². The van der Waals surface area contributed by atoms with E-state index in [0.29, 0.717) is 18.7 Å². The molecule has 2 aliphatic rings. The van der Waals surface area contributed by atoms with E-state index in [1.807, 2.05) is 35.9 Å². The molecule has 2 aliphatic carbocycles. The third-order valence-corrected chi connectivity index (χ3v) is 11.3. The molecule has 6 nitrogen and oxygen atoms in total. The predicted molar refractivity (Wildman–Crippen MR) is 130 cm³/mol. The van der Waals surface area contributed by atoms with E-state index in [4.69, 9.17) is 21.3 Å². The summed E-state index contributed by atoms with van der Waals surface area (Å²) in [5.41, 5.74) is 0.768. The summed E-state index contributed by atoms with van der Waals surface area (Å²) in [6, 6.07) is 6.84. The first-order valence-corrected chi connectivity index (χ1v) is 14.6. The van der Waals surface area contributed by atoms with Gasteiger partial charge >= 0.3 is 5.97 Å². The van der Waals surface area contributed by atoms with Crippen LogP contribution in [0.2, 0.25) is 0 Å². The molecule has 0 spiro atoms. The third-order valence-electron chi connectivity index (χ3n) is 6.78. The zero-order valence-electron chi connectivity index (χ0n) is 19.4. The molecule has 2 saturated carbocycles. The van der Waals surface area contributed by atoms with Crippen LogP contribution < -0.4 is 5.49 Å². The van der Waals surface area contributed by atoms with Crippen LogP contribution in [0.1, 0.15) is 71.1 Å². The molecule has 2 fully saturated rings. The van der Waals surface area contributed by atoms with Gasteiger partial charge < -0.3 is 9.30 Å². The van der Waals surface area contributed by atoms with Gasteiger partial charge in [0.05, 0.1) is 6.61 Å². The molecule has 1 aromatic rings. The summed E-state index contributed by atoms with van der Waals surface area (Å²) in [7, 11) is 4.39. The second kappa shape index (κ2) is 11.7. The molecule has 0 bridgehead atoms. The van der Waals surface area contributed by atoms with Crippen molar-refractivity contribution in [3.05, 3.63) is 29.9 Å². The molecular formula is C23H39N4O2PS. The standard InChI is InChI=1S/C23H39N4O2PS/c1-4-29-23(28)19-27-18-12-11-17-22(27)24-30(31,25(2)20-13-7-5-8-14-20)26(3)21-15-9-6-10-16-21/h11-12,17-18,20-21H,4-10,13-16,19H2,1-3H3/b24-22+. The molecule has 1 aromatic heterocycles. The summed E-state index contributed by atoms with van der Waals surface area (Å²) in [5.74, 6) is -0.246. The van der Waals surface area contributed by atoms with Crippen LogP contribution >= 0.6 is 6.49 Å². The molecule has 0 aromatic carbocycles. The van der Waals surface area contributed by atoms with Gasteiger partial charge in [0.25, 0.3) is 0 Å². The van der Waals surface area contributed by atoms with Crippen LogP contribution in [0.5, 0.6) is 0 Å². The lowest BCUT2D eigenvalue weighted by atomic mass is 9.96. The highest BCUT2D eigenvalue weighted by molar-refractivity contribution is 8.11. The summed E-state index contributed by atoms with van der Waals surface area (Å²) >= 11 is 6.48. The first-order chi connectivity index (χ1) is 15.0. The van der Waals surface area contributed by atoms with Crippen molar-refractivity contribution >= 4 is 24.3 Å². The maximum atomic E-state index is 12.2. The first-order valence-electron chi connectivity index (χ1n) is 11.9. The van der Waals surface area contributed by atoms with Crippen molar-refractivity contribution in [2.75, 3.05) is 20.7 Å². The SMILES string of the molecule is CCOC(=O)Cn1cccc/c1=N\P(=S)(N(C)C1CCCCC1)N(C)C1CCCCC1. The van der Waals surface area contributed by atoms with Crippen molar-refractivity contribution in [3.63, 3.8) is 0 Å². The Morgan fingerprint density at radius 2 is 1.61 bits per heavy atom. The molecule has 1 heterocycles. The van der Waals surface area contributed by atoms with Gasteiger partial charge in [-0.1, -0.05) is 44.6 Å². The molecule has 0 N–H and O–H groups in total. The minimum atomic E-state index is -2.39. The molecule has 0 aliphatic heterocycles. The number of carbonyl (C=O) groups is 1. The lowest BCUT2D eigenvalue weighted by Gasteiger charge is -2.45. The average molecular weight is 467 g/mol. The van der Waals surface area contributed by atoms with Crippen LogP contribution in [0.25, 0.3) is 0 Å². The van der Waals surface area contributed by atoms with Crippen LogP contribution in [0, 0.1) is 0 Å². The fourth-order valence-corrected chi connectivity index (χ4v) is 8.41. The van der Waals surface area contributed by atoms with Crippen LogP contribution in [-0.4, -0.2) is 52.7 Å². The number of nitrogens with zero attached hydrogens (tertiary/aromatic N) is 4. The van der Waals surface area contributed by atoms with Gasteiger partial charge in [0, 0.05) is 18.3 Å². The van der Waals surface area contributed by atoms with Gasteiger partial charge in [-0.15, -0.1) is 0 Å². The molecular weight excluding hydrogens is 427 g/mol. The number of ether oxygens (including phenoxy) is 1. The van der Waals surface area contributed by atoms with Crippen LogP contribution in [0.3, 0.4) is 0 Å². The second-order valence-electron chi connectivity index (χ2n) is 8.84. The zero-order valence-corrected chi connectivity index (χ0v) is 21.1. The van der Waals surface area contributed by atoms with E-state index in [1.165, 1.54) is 64.2 Å². The summed E-state index contributed by atoms with van der Waals surface area (Å²) in [5, 5.41) is 0. The number of rotatable bonds is 8. The Balaban J connectivity index is 2.00. The van der Waals surface area contributed by atoms with Gasteiger partial charge in [0.2, 0.25) is 0 Å². The normalized spacial score (nSPS) is 19.8. The monoisotopic (exact) mass is 466 g/mol. The Kier molecular flexibility index (Phi) is 9.32. The molecule has 0 amide bonds. The van der Waals surface area contributed by atoms with Gasteiger partial charge in [-0.3, -0.25) is 4.79 Å². The van der Waals surface area contributed by atoms with Crippen LogP contribution in [0.15, 0.2) is 29.2 Å². The van der Waals surface area contributed by atoms with Crippen LogP contribution in [0.4, 0.5) is 0 Å². The van der Waals surface area contributed by atoms with Gasteiger partial charge in [0.1, 0.15) is 12.0 Å². The summed E-state index contributed by atoms with van der Waals surface area (Å²) < 4.78 is 17.2. The summed E-state index contributed by atoms with van der Waals surface area (Å²) in [6.45, 7) is -0.0274. The minimum absolute atomic E-state index is 0.156. The quantitative estimate of drug-likeness (QED) is 0.410. The molecule has 31 heavy (non-hydrogen) atoms. The molecule has 3 rings (SSSR count). The maximum Gasteiger partial charge on any atom is 0.325 e. The van der Waals surface area contributed by atoms with Crippen molar-refractivity contribution in [2.45, 2.75) is 89.8 Å². The van der Waals surface area contributed by atoms with E-state index < -0.39 is 6.49 Å². The number of pyridine rings is 1. The highest BCUT2D eigenvalue weighted by Gasteiger charge is 2.36. The first kappa shape index (κ1) is 24.6. The summed E-state index contributed by atoms with van der Waals surface area (Å²) in [6.07, 6.45) is 14.4. The molecule has 0 saturated heterocycles. The van der Waals surface area contributed by atoms with Crippen molar-refractivity contribution in [2.24, 2.45) is 4.76 Å². The topological polar surface area (TPSA) is 50.1 Å². The van der Waals surface area contributed by atoms with Gasteiger partial charge in [-0.05, 0) is 70.6 Å². The lowest BCUT2D eigenvalue weighted by molar-refractivity contribution is -0.143. The molecule has 174 valence electrons. The number of hydrogen-bond acceptors (Lipinski definition) is 3. The Morgan fingerprint density at radius 1 is 1.06 bits per heavy atom. The fourth-order valence-electron chi connectivity index (χ4n) is 4.87. The maximum absolute atomic E-state index is 12.2. The smallest absolute Gasteiger partial charge is 0.325 e. The van der Waals surface area contributed by atoms with E-state index >= 15 is 0 Å². The van der Waals surface area contributed by atoms with Crippen LogP contribution in [-0.2, 0) is 27.9 Å². The Bertz CT molecular complexity index is 803. The number of esters is 1.